The Hall–Kier alpha value is -1.99. The van der Waals surface area contributed by atoms with E-state index >= 15 is 0 Å². The van der Waals surface area contributed by atoms with Gasteiger partial charge >= 0.3 is 0 Å². The van der Waals surface area contributed by atoms with Crippen LogP contribution in [0.5, 0.6) is 0 Å². The fourth-order valence-corrected chi connectivity index (χ4v) is 4.65. The number of rotatable bonds is 4. The van der Waals surface area contributed by atoms with Crippen LogP contribution in [0, 0.1) is 6.92 Å². The number of carbonyl (C=O) groups excluding carboxylic acids is 1. The molecule has 1 fully saturated rings. The van der Waals surface area contributed by atoms with Crippen molar-refractivity contribution in [1.29, 1.82) is 0 Å². The predicted octanol–water partition coefficient (Wildman–Crippen LogP) is 2.66. The van der Waals surface area contributed by atoms with E-state index in [9.17, 15) is 13.2 Å². The zero-order valence-electron chi connectivity index (χ0n) is 12.4. The summed E-state index contributed by atoms with van der Waals surface area (Å²) in [6.45, 7) is 1.76. The quantitative estimate of drug-likeness (QED) is 0.891. The Morgan fingerprint density at radius 2 is 1.96 bits per heavy atom. The molecule has 0 spiro atoms. The van der Waals surface area contributed by atoms with Crippen molar-refractivity contribution in [2.75, 3.05) is 10.5 Å². The topological polar surface area (TPSA) is 75.3 Å². The largest absolute Gasteiger partial charge is 0.339 e. The van der Waals surface area contributed by atoms with Crippen LogP contribution in [0.15, 0.2) is 53.4 Å². The number of benzene rings is 2. The van der Waals surface area contributed by atoms with Gasteiger partial charge in [-0.1, -0.05) is 30.3 Å². The number of carbonyl (C=O) groups is 1. The molecule has 7 heteroatoms. The van der Waals surface area contributed by atoms with E-state index < -0.39 is 10.0 Å². The van der Waals surface area contributed by atoms with Crippen LogP contribution >= 0.6 is 11.8 Å². The highest BCUT2D eigenvalue weighted by Gasteiger charge is 2.23. The molecule has 23 heavy (non-hydrogen) atoms. The maximum Gasteiger partial charge on any atom is 0.262 e. The lowest BCUT2D eigenvalue weighted by Crippen LogP contribution is -2.19. The molecule has 5 nitrogen and oxygen atoms in total. The molecule has 2 aromatic carbocycles. The lowest BCUT2D eigenvalue weighted by Gasteiger charge is -2.13. The summed E-state index contributed by atoms with van der Waals surface area (Å²) in [5.41, 5.74) is 2.04. The SMILES string of the molecule is Cc1ccccc1S(=O)(=O)Nc1cccc([C@@H]2NC(=O)CS2)c1. The number of thioether (sulfide) groups is 1. The summed E-state index contributed by atoms with van der Waals surface area (Å²) < 4.78 is 27.6. The summed E-state index contributed by atoms with van der Waals surface area (Å²) in [6, 6.07) is 13.9. The van der Waals surface area contributed by atoms with E-state index in [0.29, 0.717) is 17.0 Å². The van der Waals surface area contributed by atoms with Crippen LogP contribution in [0.2, 0.25) is 0 Å². The van der Waals surface area contributed by atoms with E-state index in [4.69, 9.17) is 0 Å². The van der Waals surface area contributed by atoms with E-state index in [-0.39, 0.29) is 16.2 Å². The molecule has 1 saturated heterocycles. The number of nitrogens with one attached hydrogen (secondary N) is 2. The number of sulfonamides is 1. The Bertz CT molecular complexity index is 850. The molecule has 0 radical (unpaired) electrons. The van der Waals surface area contributed by atoms with Gasteiger partial charge in [0.2, 0.25) is 5.91 Å². The molecular formula is C16H16N2O3S2. The number of amides is 1. The Balaban J connectivity index is 1.86. The normalized spacial score (nSPS) is 17.8. The lowest BCUT2D eigenvalue weighted by molar-refractivity contribution is -0.118. The molecular weight excluding hydrogens is 332 g/mol. The number of aryl methyl sites for hydroxylation is 1. The van der Waals surface area contributed by atoms with Crippen LogP contribution < -0.4 is 10.0 Å². The van der Waals surface area contributed by atoms with E-state index in [1.807, 2.05) is 6.07 Å². The van der Waals surface area contributed by atoms with Gasteiger partial charge in [0.25, 0.3) is 10.0 Å². The molecule has 0 saturated carbocycles. The fourth-order valence-electron chi connectivity index (χ4n) is 2.40. The van der Waals surface area contributed by atoms with Crippen molar-refractivity contribution in [3.8, 4) is 0 Å². The van der Waals surface area contributed by atoms with Crippen molar-refractivity contribution >= 4 is 33.4 Å². The van der Waals surface area contributed by atoms with Crippen LogP contribution in [0.4, 0.5) is 5.69 Å². The average Bonchev–Trinajstić information content (AvgIpc) is 2.94. The Kier molecular flexibility index (Phi) is 4.32. The third-order valence-electron chi connectivity index (χ3n) is 3.50. The summed E-state index contributed by atoms with van der Waals surface area (Å²) in [5.74, 6) is 0.412. The zero-order valence-corrected chi connectivity index (χ0v) is 14.1. The molecule has 0 aliphatic carbocycles. The van der Waals surface area contributed by atoms with E-state index in [1.54, 1.807) is 49.4 Å². The molecule has 1 aliphatic heterocycles. The van der Waals surface area contributed by atoms with Gasteiger partial charge in [-0.05, 0) is 36.2 Å². The van der Waals surface area contributed by atoms with Gasteiger partial charge in [0.05, 0.1) is 10.6 Å². The minimum atomic E-state index is -3.64. The zero-order chi connectivity index (χ0) is 16.4. The minimum absolute atomic E-state index is 0.00843. The Morgan fingerprint density at radius 3 is 2.65 bits per heavy atom. The highest BCUT2D eigenvalue weighted by atomic mass is 32.2. The average molecular weight is 348 g/mol. The van der Waals surface area contributed by atoms with Gasteiger partial charge in [0.15, 0.2) is 0 Å². The maximum atomic E-state index is 12.5. The van der Waals surface area contributed by atoms with Crippen LogP contribution in [0.3, 0.4) is 0 Å². The summed E-state index contributed by atoms with van der Waals surface area (Å²) in [7, 11) is -3.64. The van der Waals surface area contributed by atoms with E-state index in [0.717, 1.165) is 5.56 Å². The van der Waals surface area contributed by atoms with E-state index in [2.05, 4.69) is 10.0 Å². The summed E-state index contributed by atoms with van der Waals surface area (Å²) in [4.78, 5) is 11.6. The van der Waals surface area contributed by atoms with Crippen molar-refractivity contribution in [2.24, 2.45) is 0 Å². The second-order valence-corrected chi connectivity index (χ2v) is 8.00. The molecule has 2 aromatic rings. The van der Waals surface area contributed by atoms with Crippen molar-refractivity contribution in [2.45, 2.75) is 17.2 Å². The standard InChI is InChI=1S/C16H16N2O3S2/c1-11-5-2-3-8-14(11)23(20,21)18-13-7-4-6-12(9-13)16-17-15(19)10-22-16/h2-9,16,18H,10H2,1H3,(H,17,19)/t16-/m1/s1. The van der Waals surface area contributed by atoms with Crippen LogP contribution in [0.1, 0.15) is 16.5 Å². The maximum absolute atomic E-state index is 12.5. The summed E-state index contributed by atoms with van der Waals surface area (Å²) >= 11 is 1.49. The molecule has 1 atom stereocenters. The van der Waals surface area contributed by atoms with Crippen LogP contribution in [0.25, 0.3) is 0 Å². The monoisotopic (exact) mass is 348 g/mol. The highest BCUT2D eigenvalue weighted by molar-refractivity contribution is 8.00. The van der Waals surface area contributed by atoms with Gasteiger partial charge in [-0.25, -0.2) is 8.42 Å². The second-order valence-electron chi connectivity index (χ2n) is 5.26. The van der Waals surface area contributed by atoms with E-state index in [1.165, 1.54) is 11.8 Å². The first-order valence-electron chi connectivity index (χ1n) is 7.05. The Morgan fingerprint density at radius 1 is 1.17 bits per heavy atom. The molecule has 0 aromatic heterocycles. The van der Waals surface area contributed by atoms with Crippen molar-refractivity contribution in [3.05, 3.63) is 59.7 Å². The third kappa shape index (κ3) is 3.51. The smallest absolute Gasteiger partial charge is 0.262 e. The summed E-state index contributed by atoms with van der Waals surface area (Å²) in [5, 5.41) is 2.71. The molecule has 3 rings (SSSR count). The Labute approximate surface area is 139 Å². The molecule has 0 unspecified atom stereocenters. The predicted molar refractivity (Wildman–Crippen MR) is 91.8 cm³/mol. The number of hydrogen-bond acceptors (Lipinski definition) is 4. The first-order valence-corrected chi connectivity index (χ1v) is 9.58. The first kappa shape index (κ1) is 15.9. The number of anilines is 1. The molecule has 1 amide bonds. The van der Waals surface area contributed by atoms with Gasteiger partial charge in [0.1, 0.15) is 5.37 Å². The second kappa shape index (κ2) is 6.25. The molecule has 2 N–H and O–H groups in total. The molecule has 1 heterocycles. The minimum Gasteiger partial charge on any atom is -0.339 e. The van der Waals surface area contributed by atoms with Crippen molar-refractivity contribution in [3.63, 3.8) is 0 Å². The first-order chi connectivity index (χ1) is 11.0. The van der Waals surface area contributed by atoms with Crippen LogP contribution in [-0.2, 0) is 14.8 Å². The van der Waals surface area contributed by atoms with Crippen LogP contribution in [-0.4, -0.2) is 20.1 Å². The van der Waals surface area contributed by atoms with Gasteiger partial charge in [-0.15, -0.1) is 11.8 Å². The van der Waals surface area contributed by atoms with Crippen molar-refractivity contribution < 1.29 is 13.2 Å². The number of hydrogen-bond donors (Lipinski definition) is 2. The van der Waals surface area contributed by atoms with Crippen molar-refractivity contribution in [1.82, 2.24) is 5.32 Å². The molecule has 1 aliphatic rings. The molecule has 120 valence electrons. The summed E-state index contributed by atoms with van der Waals surface area (Å²) in [6.07, 6.45) is 0. The third-order valence-corrected chi connectivity index (χ3v) is 6.19. The lowest BCUT2D eigenvalue weighted by atomic mass is 10.2. The highest BCUT2D eigenvalue weighted by Crippen LogP contribution is 2.32. The van der Waals surface area contributed by atoms with Gasteiger partial charge in [0, 0.05) is 5.69 Å². The van der Waals surface area contributed by atoms with Gasteiger partial charge in [-0.3, -0.25) is 9.52 Å². The van der Waals surface area contributed by atoms with Gasteiger partial charge in [-0.2, -0.15) is 0 Å². The van der Waals surface area contributed by atoms with Gasteiger partial charge < -0.3 is 5.32 Å². The fraction of sp³-hybridized carbons (Fsp3) is 0.188. The molecule has 0 bridgehead atoms.